The van der Waals surface area contributed by atoms with Crippen LogP contribution in [0.3, 0.4) is 0 Å². The van der Waals surface area contributed by atoms with Crippen LogP contribution in [-0.4, -0.2) is 28.1 Å². The molecule has 0 aromatic carbocycles. The topological polar surface area (TPSA) is 84.1 Å². The highest BCUT2D eigenvalue weighted by Crippen LogP contribution is 2.31. The fourth-order valence-electron chi connectivity index (χ4n) is 3.06. The smallest absolute Gasteiger partial charge is 0.229 e. The number of nitrogens with one attached hydrogen (secondary N) is 1. The lowest BCUT2D eigenvalue weighted by Gasteiger charge is -2.24. The SMILES string of the molecule is C=C/C(N)=C\C(=C/C)CC(=C)N(C)C(=C)SC(=C)CCCCc1ccc(NC(=O)C/C(C)=C/C)nn1. The van der Waals surface area contributed by atoms with Gasteiger partial charge in [-0.15, -0.1) is 5.10 Å². The second-order valence-corrected chi connectivity index (χ2v) is 9.78. The van der Waals surface area contributed by atoms with E-state index >= 15 is 0 Å². The second kappa shape index (κ2) is 16.4. The van der Waals surface area contributed by atoms with E-state index in [4.69, 9.17) is 5.73 Å². The number of amides is 1. The first-order valence-electron chi connectivity index (χ1n) is 12.0. The van der Waals surface area contributed by atoms with E-state index < -0.39 is 0 Å². The highest BCUT2D eigenvalue weighted by molar-refractivity contribution is 8.06. The molecule has 36 heavy (non-hydrogen) atoms. The van der Waals surface area contributed by atoms with Crippen LogP contribution in [0.25, 0.3) is 0 Å². The van der Waals surface area contributed by atoms with Crippen molar-refractivity contribution in [2.75, 3.05) is 12.4 Å². The maximum atomic E-state index is 12.0. The Balaban J connectivity index is 2.40. The average Bonchev–Trinajstić information content (AvgIpc) is 2.86. The highest BCUT2D eigenvalue weighted by atomic mass is 32.2. The van der Waals surface area contributed by atoms with Crippen molar-refractivity contribution in [3.8, 4) is 0 Å². The summed E-state index contributed by atoms with van der Waals surface area (Å²) in [5.41, 5.74) is 10.4. The summed E-state index contributed by atoms with van der Waals surface area (Å²) in [7, 11) is 1.96. The largest absolute Gasteiger partial charge is 0.399 e. The summed E-state index contributed by atoms with van der Waals surface area (Å²) in [5.74, 6) is 0.388. The number of aryl methyl sites for hydroxylation is 1. The number of anilines is 1. The normalized spacial score (nSPS) is 12.2. The second-order valence-electron chi connectivity index (χ2n) is 8.53. The van der Waals surface area contributed by atoms with Crippen LogP contribution in [0.15, 0.2) is 95.2 Å². The van der Waals surface area contributed by atoms with Crippen LogP contribution >= 0.6 is 11.8 Å². The van der Waals surface area contributed by atoms with Crippen LogP contribution in [0.1, 0.15) is 58.6 Å². The molecule has 0 aliphatic heterocycles. The van der Waals surface area contributed by atoms with Gasteiger partial charge in [-0.2, -0.15) is 5.10 Å². The van der Waals surface area contributed by atoms with E-state index in [0.717, 1.165) is 58.2 Å². The van der Waals surface area contributed by atoms with Crippen LogP contribution in [0.2, 0.25) is 0 Å². The van der Waals surface area contributed by atoms with Gasteiger partial charge in [-0.1, -0.05) is 55.8 Å². The lowest BCUT2D eigenvalue weighted by Crippen LogP contribution is -2.14. The van der Waals surface area contributed by atoms with Crippen LogP contribution in [0, 0.1) is 0 Å². The molecule has 0 radical (unpaired) electrons. The molecule has 0 saturated carbocycles. The minimum atomic E-state index is -0.0871. The summed E-state index contributed by atoms with van der Waals surface area (Å²) in [4.78, 5) is 15.0. The number of allylic oxidation sites excluding steroid dienone is 6. The number of unbranched alkanes of at least 4 members (excludes halogenated alkanes) is 1. The van der Waals surface area contributed by atoms with Gasteiger partial charge in [-0.3, -0.25) is 4.79 Å². The zero-order valence-electron chi connectivity index (χ0n) is 22.3. The van der Waals surface area contributed by atoms with Gasteiger partial charge in [0.1, 0.15) is 0 Å². The maximum Gasteiger partial charge on any atom is 0.229 e. The van der Waals surface area contributed by atoms with Crippen LogP contribution < -0.4 is 11.1 Å². The molecule has 1 heterocycles. The van der Waals surface area contributed by atoms with Crippen LogP contribution in [0.5, 0.6) is 0 Å². The van der Waals surface area contributed by atoms with E-state index in [0.29, 0.717) is 24.4 Å². The third-order valence-electron chi connectivity index (χ3n) is 5.54. The molecule has 0 fully saturated rings. The molecule has 1 aromatic rings. The molecule has 1 rings (SSSR count). The first-order chi connectivity index (χ1) is 17.1. The number of hydrogen-bond donors (Lipinski definition) is 2. The highest BCUT2D eigenvalue weighted by Gasteiger charge is 2.10. The molecular weight excluding hydrogens is 466 g/mol. The summed E-state index contributed by atoms with van der Waals surface area (Å²) in [6.07, 6.45) is 12.2. The molecule has 0 saturated heterocycles. The molecule has 0 bridgehead atoms. The summed E-state index contributed by atoms with van der Waals surface area (Å²) >= 11 is 1.58. The number of nitrogens with two attached hydrogens (primary N) is 1. The van der Waals surface area contributed by atoms with Crippen molar-refractivity contribution < 1.29 is 4.79 Å². The number of rotatable bonds is 16. The third-order valence-corrected chi connectivity index (χ3v) is 6.54. The van der Waals surface area contributed by atoms with Gasteiger partial charge in [0.05, 0.1) is 10.7 Å². The summed E-state index contributed by atoms with van der Waals surface area (Å²) in [6, 6.07) is 3.71. The Morgan fingerprint density at radius 2 is 1.86 bits per heavy atom. The number of aromatic nitrogens is 2. The van der Waals surface area contributed by atoms with E-state index in [1.54, 1.807) is 23.9 Å². The maximum absolute atomic E-state index is 12.0. The summed E-state index contributed by atoms with van der Waals surface area (Å²) < 4.78 is 0. The van der Waals surface area contributed by atoms with Crippen molar-refractivity contribution >= 4 is 23.5 Å². The van der Waals surface area contributed by atoms with Crippen molar-refractivity contribution in [1.29, 1.82) is 0 Å². The van der Waals surface area contributed by atoms with Crippen molar-refractivity contribution in [2.24, 2.45) is 5.73 Å². The Labute approximate surface area is 221 Å². The number of nitrogens with zero attached hydrogens (tertiary/aromatic N) is 3. The van der Waals surface area contributed by atoms with Gasteiger partial charge < -0.3 is 16.0 Å². The quantitative estimate of drug-likeness (QED) is 0.142. The van der Waals surface area contributed by atoms with Gasteiger partial charge in [0.25, 0.3) is 0 Å². The lowest BCUT2D eigenvalue weighted by atomic mass is 10.1. The molecule has 7 heteroatoms. The first kappa shape index (κ1) is 30.7. The average molecular weight is 508 g/mol. The molecule has 0 aliphatic rings. The van der Waals surface area contributed by atoms with Crippen molar-refractivity contribution in [3.63, 3.8) is 0 Å². The van der Waals surface area contributed by atoms with Gasteiger partial charge in [-0.25, -0.2) is 0 Å². The van der Waals surface area contributed by atoms with Crippen molar-refractivity contribution in [1.82, 2.24) is 15.1 Å². The minimum absolute atomic E-state index is 0.0871. The number of carbonyl (C=O) groups excluding carboxylic acids is 1. The molecular formula is C29H41N5OS. The van der Waals surface area contributed by atoms with Crippen molar-refractivity contribution in [3.05, 3.63) is 101 Å². The summed E-state index contributed by atoms with van der Waals surface area (Å²) in [6.45, 7) is 22.1. The Kier molecular flexibility index (Phi) is 14.0. The van der Waals surface area contributed by atoms with E-state index in [-0.39, 0.29) is 5.91 Å². The fourth-order valence-corrected chi connectivity index (χ4v) is 3.90. The van der Waals surface area contributed by atoms with Crippen LogP contribution in [-0.2, 0) is 11.2 Å². The molecule has 3 N–H and O–H groups in total. The monoisotopic (exact) mass is 507 g/mol. The standard InChI is InChI=1S/C29H41N5OS/c1-9-21(4)18-29(35)31-28-17-16-27(32-33-28)15-13-12-14-23(6)36-24(7)34(8)22(5)19-25(10-2)20-26(30)11-3/h9-11,16-17,20H,3,5-7,12-15,18-19,30H2,1-2,4,8H3,(H,31,33,35)/b21-9+,25-10-,26-20+. The number of thioether (sulfide) groups is 1. The Hall–Kier alpha value is -3.32. The van der Waals surface area contributed by atoms with Gasteiger partial charge >= 0.3 is 0 Å². The Bertz CT molecular complexity index is 1030. The number of hydrogen-bond acceptors (Lipinski definition) is 6. The Morgan fingerprint density at radius 3 is 2.44 bits per heavy atom. The van der Waals surface area contributed by atoms with Crippen molar-refractivity contribution in [2.45, 2.75) is 59.3 Å². The first-order valence-corrected chi connectivity index (χ1v) is 12.9. The lowest BCUT2D eigenvalue weighted by molar-refractivity contribution is -0.115. The van der Waals surface area contributed by atoms with E-state index in [9.17, 15) is 4.79 Å². The van der Waals surface area contributed by atoms with Gasteiger partial charge in [-0.05, 0) is 81.2 Å². The van der Waals surface area contributed by atoms with E-state index in [1.165, 1.54) is 0 Å². The van der Waals surface area contributed by atoms with Gasteiger partial charge in [0.15, 0.2) is 5.82 Å². The third kappa shape index (κ3) is 11.9. The molecule has 0 unspecified atom stereocenters. The minimum Gasteiger partial charge on any atom is -0.399 e. The van der Waals surface area contributed by atoms with E-state index in [2.05, 4.69) is 41.8 Å². The molecule has 1 aromatic heterocycles. The van der Waals surface area contributed by atoms with Gasteiger partial charge in [0, 0.05) is 31.3 Å². The molecule has 0 spiro atoms. The number of carbonyl (C=O) groups is 1. The van der Waals surface area contributed by atoms with Gasteiger partial charge in [0.2, 0.25) is 5.91 Å². The van der Waals surface area contributed by atoms with Crippen LogP contribution in [0.4, 0.5) is 5.82 Å². The van der Waals surface area contributed by atoms with E-state index in [1.807, 2.05) is 57.0 Å². The molecule has 194 valence electrons. The zero-order valence-corrected chi connectivity index (χ0v) is 23.1. The fraction of sp³-hybridized carbons (Fsp3) is 0.345. The molecule has 0 atom stereocenters. The molecule has 1 amide bonds. The summed E-state index contributed by atoms with van der Waals surface area (Å²) in [5, 5.41) is 12.0. The zero-order chi connectivity index (χ0) is 27.1. The predicted octanol–water partition coefficient (Wildman–Crippen LogP) is 7.01. The predicted molar refractivity (Wildman–Crippen MR) is 156 cm³/mol. The molecule has 6 nitrogen and oxygen atoms in total. The Morgan fingerprint density at radius 1 is 1.14 bits per heavy atom. The molecule has 0 aliphatic carbocycles.